The summed E-state index contributed by atoms with van der Waals surface area (Å²) >= 11 is 1.69. The SMILES string of the molecule is CSc1ccc(CCC(=O)NC2CCc3c(c4cc(F)ccc4n3CC(=O)O)C2)cc1. The summed E-state index contributed by atoms with van der Waals surface area (Å²) in [6, 6.07) is 12.7. The zero-order valence-corrected chi connectivity index (χ0v) is 18.2. The molecule has 31 heavy (non-hydrogen) atoms. The van der Waals surface area contributed by atoms with Crippen molar-refractivity contribution in [2.24, 2.45) is 0 Å². The third-order valence-corrected chi connectivity index (χ3v) is 6.63. The summed E-state index contributed by atoms with van der Waals surface area (Å²) in [5, 5.41) is 13.2. The van der Waals surface area contributed by atoms with Crippen molar-refractivity contribution in [1.82, 2.24) is 9.88 Å². The van der Waals surface area contributed by atoms with Gasteiger partial charge in [0.25, 0.3) is 0 Å². The van der Waals surface area contributed by atoms with Gasteiger partial charge >= 0.3 is 5.97 Å². The molecule has 2 aromatic carbocycles. The third-order valence-electron chi connectivity index (χ3n) is 5.89. The van der Waals surface area contributed by atoms with E-state index in [4.69, 9.17) is 0 Å². The van der Waals surface area contributed by atoms with Crippen molar-refractivity contribution in [2.45, 2.75) is 49.6 Å². The Morgan fingerprint density at radius 1 is 1.23 bits per heavy atom. The number of rotatable bonds is 7. The van der Waals surface area contributed by atoms with Crippen molar-refractivity contribution in [3.8, 4) is 0 Å². The van der Waals surface area contributed by atoms with Gasteiger partial charge in [0.2, 0.25) is 5.91 Å². The van der Waals surface area contributed by atoms with Gasteiger partial charge in [0, 0.05) is 34.0 Å². The first-order chi connectivity index (χ1) is 14.9. The molecule has 7 heteroatoms. The number of nitrogens with zero attached hydrogens (tertiary/aromatic N) is 1. The maximum absolute atomic E-state index is 13.9. The van der Waals surface area contributed by atoms with Gasteiger partial charge in [-0.2, -0.15) is 0 Å². The lowest BCUT2D eigenvalue weighted by Crippen LogP contribution is -2.39. The minimum Gasteiger partial charge on any atom is -0.480 e. The molecule has 1 unspecified atom stereocenters. The molecule has 0 fully saturated rings. The molecule has 1 heterocycles. The van der Waals surface area contributed by atoms with Crippen LogP contribution in [0.3, 0.4) is 0 Å². The molecule has 0 aliphatic heterocycles. The van der Waals surface area contributed by atoms with Gasteiger partial charge in [-0.05, 0) is 73.4 Å². The summed E-state index contributed by atoms with van der Waals surface area (Å²) in [5.74, 6) is -1.27. The minimum atomic E-state index is -0.926. The van der Waals surface area contributed by atoms with E-state index in [2.05, 4.69) is 29.6 Å². The Morgan fingerprint density at radius 3 is 2.71 bits per heavy atom. The van der Waals surface area contributed by atoms with Gasteiger partial charge in [-0.3, -0.25) is 9.59 Å². The number of hydrogen-bond donors (Lipinski definition) is 2. The van der Waals surface area contributed by atoms with Gasteiger partial charge in [0.1, 0.15) is 12.4 Å². The van der Waals surface area contributed by atoms with E-state index in [1.165, 1.54) is 17.0 Å². The van der Waals surface area contributed by atoms with E-state index >= 15 is 0 Å². The highest BCUT2D eigenvalue weighted by molar-refractivity contribution is 7.98. The Labute approximate surface area is 184 Å². The fourth-order valence-electron chi connectivity index (χ4n) is 4.41. The standard InChI is InChI=1S/C24H25FN2O3S/c1-31-18-7-2-15(3-8-18)4-11-23(28)26-17-6-10-22-20(13-17)19-12-16(25)5-9-21(19)27(22)14-24(29)30/h2-3,5,7-9,12,17H,4,6,10-11,13-14H2,1H3,(H,26,28)(H,29,30). The maximum Gasteiger partial charge on any atom is 0.323 e. The van der Waals surface area contributed by atoms with E-state index in [-0.39, 0.29) is 24.3 Å². The summed E-state index contributed by atoms with van der Waals surface area (Å²) in [6.45, 7) is -0.149. The second-order valence-electron chi connectivity index (χ2n) is 7.92. The number of fused-ring (bicyclic) bond motifs is 3. The molecule has 4 rings (SSSR count). The number of nitrogens with one attached hydrogen (secondary N) is 1. The van der Waals surface area contributed by atoms with Crippen LogP contribution in [0, 0.1) is 5.82 Å². The van der Waals surface area contributed by atoms with Crippen LogP contribution in [-0.2, 0) is 35.4 Å². The van der Waals surface area contributed by atoms with Crippen LogP contribution in [0.4, 0.5) is 4.39 Å². The smallest absolute Gasteiger partial charge is 0.323 e. The first-order valence-electron chi connectivity index (χ1n) is 10.4. The molecular weight excluding hydrogens is 415 g/mol. The number of benzene rings is 2. The fourth-order valence-corrected chi connectivity index (χ4v) is 4.82. The predicted molar refractivity (Wildman–Crippen MR) is 120 cm³/mol. The zero-order chi connectivity index (χ0) is 22.0. The van der Waals surface area contributed by atoms with E-state index < -0.39 is 5.97 Å². The van der Waals surface area contributed by atoms with E-state index in [0.717, 1.165) is 34.1 Å². The Kier molecular flexibility index (Phi) is 6.32. The highest BCUT2D eigenvalue weighted by atomic mass is 32.2. The number of carbonyl (C=O) groups is 2. The Morgan fingerprint density at radius 2 is 2.00 bits per heavy atom. The van der Waals surface area contributed by atoms with Crippen LogP contribution in [0.15, 0.2) is 47.4 Å². The lowest BCUT2D eigenvalue weighted by Gasteiger charge is -2.25. The number of carboxylic acids is 1. The van der Waals surface area contributed by atoms with E-state index in [0.29, 0.717) is 25.7 Å². The molecule has 1 aliphatic carbocycles. The van der Waals surface area contributed by atoms with Crippen molar-refractivity contribution in [3.05, 3.63) is 65.1 Å². The number of carbonyl (C=O) groups excluding carboxylic acids is 1. The molecule has 2 N–H and O–H groups in total. The summed E-state index contributed by atoms with van der Waals surface area (Å²) in [6.07, 6.45) is 5.10. The first-order valence-corrected chi connectivity index (χ1v) is 11.6. The first kappa shape index (κ1) is 21.4. The van der Waals surface area contributed by atoms with E-state index in [9.17, 15) is 19.1 Å². The minimum absolute atomic E-state index is 0.00264. The van der Waals surface area contributed by atoms with Gasteiger partial charge in [0.15, 0.2) is 0 Å². The predicted octanol–water partition coefficient (Wildman–Crippen LogP) is 4.19. The highest BCUT2D eigenvalue weighted by Crippen LogP contribution is 2.33. The highest BCUT2D eigenvalue weighted by Gasteiger charge is 2.27. The molecule has 0 bridgehead atoms. The van der Waals surface area contributed by atoms with Crippen molar-refractivity contribution >= 4 is 34.5 Å². The van der Waals surface area contributed by atoms with E-state index in [1.54, 1.807) is 22.4 Å². The number of aliphatic carboxylic acids is 1. The lowest BCUT2D eigenvalue weighted by molar-refractivity contribution is -0.137. The topological polar surface area (TPSA) is 71.3 Å². The largest absolute Gasteiger partial charge is 0.480 e. The Bertz CT molecular complexity index is 1120. The van der Waals surface area contributed by atoms with Gasteiger partial charge in [-0.15, -0.1) is 11.8 Å². The van der Waals surface area contributed by atoms with Crippen LogP contribution < -0.4 is 5.32 Å². The van der Waals surface area contributed by atoms with Crippen LogP contribution in [0.2, 0.25) is 0 Å². The molecule has 3 aromatic rings. The summed E-state index contributed by atoms with van der Waals surface area (Å²) in [7, 11) is 0. The van der Waals surface area contributed by atoms with Crippen molar-refractivity contribution in [2.75, 3.05) is 6.26 Å². The van der Waals surface area contributed by atoms with Gasteiger partial charge in [-0.1, -0.05) is 12.1 Å². The lowest BCUT2D eigenvalue weighted by atomic mass is 9.91. The number of aromatic nitrogens is 1. The van der Waals surface area contributed by atoms with Gasteiger partial charge < -0.3 is 15.0 Å². The molecule has 0 spiro atoms. The molecule has 1 aromatic heterocycles. The number of hydrogen-bond acceptors (Lipinski definition) is 3. The summed E-state index contributed by atoms with van der Waals surface area (Å²) in [4.78, 5) is 25.1. The van der Waals surface area contributed by atoms with Crippen LogP contribution in [-0.4, -0.2) is 33.8 Å². The zero-order valence-electron chi connectivity index (χ0n) is 17.4. The van der Waals surface area contributed by atoms with Gasteiger partial charge in [0.05, 0.1) is 0 Å². The number of carboxylic acid groups (broad SMARTS) is 1. The quantitative estimate of drug-likeness (QED) is 0.541. The van der Waals surface area contributed by atoms with Crippen molar-refractivity contribution in [1.29, 1.82) is 0 Å². The van der Waals surface area contributed by atoms with Crippen LogP contribution in [0.5, 0.6) is 0 Å². The molecule has 162 valence electrons. The number of thioether (sulfide) groups is 1. The maximum atomic E-state index is 13.9. The monoisotopic (exact) mass is 440 g/mol. The molecule has 0 saturated heterocycles. The normalized spacial score (nSPS) is 15.6. The van der Waals surface area contributed by atoms with Crippen LogP contribution in [0.25, 0.3) is 10.9 Å². The Balaban J connectivity index is 1.45. The molecule has 0 saturated carbocycles. The van der Waals surface area contributed by atoms with E-state index in [1.807, 2.05) is 6.26 Å². The van der Waals surface area contributed by atoms with Crippen molar-refractivity contribution < 1.29 is 19.1 Å². The molecule has 1 aliphatic rings. The average molecular weight is 441 g/mol. The summed E-state index contributed by atoms with van der Waals surface area (Å²) in [5.41, 5.74) is 3.74. The second-order valence-corrected chi connectivity index (χ2v) is 8.80. The molecule has 0 radical (unpaired) electrons. The van der Waals surface area contributed by atoms with Crippen molar-refractivity contribution in [3.63, 3.8) is 0 Å². The number of aryl methyl sites for hydroxylation is 1. The number of amides is 1. The molecular formula is C24H25FN2O3S. The van der Waals surface area contributed by atoms with Crippen LogP contribution >= 0.6 is 11.8 Å². The molecule has 1 amide bonds. The molecule has 1 atom stereocenters. The third kappa shape index (κ3) is 4.77. The van der Waals surface area contributed by atoms with Gasteiger partial charge in [-0.25, -0.2) is 4.39 Å². The number of halogens is 1. The second kappa shape index (κ2) is 9.14. The summed E-state index contributed by atoms with van der Waals surface area (Å²) < 4.78 is 15.7. The molecule has 5 nitrogen and oxygen atoms in total. The average Bonchev–Trinajstić information content (AvgIpc) is 3.04. The Hall–Kier alpha value is -2.80. The van der Waals surface area contributed by atoms with Crippen LogP contribution in [0.1, 0.15) is 29.7 Å². The fraction of sp³-hybridized carbons (Fsp3) is 0.333.